The Morgan fingerprint density at radius 2 is 1.93 bits per heavy atom. The van der Waals surface area contributed by atoms with Gasteiger partial charge < -0.3 is 10.4 Å². The molecule has 1 amide bonds. The van der Waals surface area contributed by atoms with Gasteiger partial charge >= 0.3 is 5.97 Å². The molecule has 0 spiro atoms. The van der Waals surface area contributed by atoms with Gasteiger partial charge in [-0.1, -0.05) is 32.4 Å². The van der Waals surface area contributed by atoms with Gasteiger partial charge in [0.1, 0.15) is 6.04 Å². The molecule has 2 atom stereocenters. The molecule has 2 aromatic rings. The third-order valence-corrected chi connectivity index (χ3v) is 6.20. The first kappa shape index (κ1) is 21.0. The molecule has 0 aliphatic heterocycles. The van der Waals surface area contributed by atoms with Crippen LogP contribution in [0, 0.1) is 17.8 Å². The smallest absolute Gasteiger partial charge is 0.306 e. The van der Waals surface area contributed by atoms with Crippen molar-refractivity contribution in [2.24, 2.45) is 17.8 Å². The second-order valence-electron chi connectivity index (χ2n) is 8.11. The summed E-state index contributed by atoms with van der Waals surface area (Å²) >= 11 is 0. The number of carbonyl (C=O) groups excluding carboxylic acids is 1. The van der Waals surface area contributed by atoms with Crippen LogP contribution in [0.1, 0.15) is 52.0 Å². The number of aromatic nitrogens is 2. The van der Waals surface area contributed by atoms with E-state index in [0.717, 1.165) is 19.3 Å². The number of amides is 1. The van der Waals surface area contributed by atoms with E-state index in [1.54, 1.807) is 18.2 Å². The Bertz CT molecular complexity index is 931. The van der Waals surface area contributed by atoms with Crippen molar-refractivity contribution < 1.29 is 14.7 Å². The number of nitrogens with one attached hydrogen (secondary N) is 1. The molecule has 3 rings (SSSR count). The fourth-order valence-corrected chi connectivity index (χ4v) is 4.13. The average Bonchev–Trinajstić information content (AvgIpc) is 2.74. The number of benzene rings is 1. The highest BCUT2D eigenvalue weighted by Crippen LogP contribution is 2.29. The Morgan fingerprint density at radius 1 is 1.24 bits per heavy atom. The van der Waals surface area contributed by atoms with Crippen LogP contribution in [0.5, 0.6) is 0 Å². The predicted molar refractivity (Wildman–Crippen MR) is 111 cm³/mol. The van der Waals surface area contributed by atoms with Gasteiger partial charge in [-0.3, -0.25) is 19.0 Å². The molecule has 7 heteroatoms. The topological polar surface area (TPSA) is 101 Å². The van der Waals surface area contributed by atoms with E-state index in [0.29, 0.717) is 30.3 Å². The molecular formula is C22H29N3O4. The van der Waals surface area contributed by atoms with Crippen LogP contribution in [0.2, 0.25) is 0 Å². The summed E-state index contributed by atoms with van der Waals surface area (Å²) in [5.41, 5.74) is 0.408. The zero-order chi connectivity index (χ0) is 21.0. The molecule has 0 bridgehead atoms. The number of hydrogen-bond donors (Lipinski definition) is 2. The van der Waals surface area contributed by atoms with Crippen LogP contribution < -0.4 is 10.9 Å². The minimum Gasteiger partial charge on any atom is -0.481 e. The van der Waals surface area contributed by atoms with E-state index in [1.165, 1.54) is 10.9 Å². The molecule has 1 aromatic heterocycles. The SMILES string of the molecule is CCC(C)C(C(=O)NCC1CCC(C(=O)O)CC1)n1cnc2ccccc2c1=O. The third-order valence-electron chi connectivity index (χ3n) is 6.20. The lowest BCUT2D eigenvalue weighted by Crippen LogP contribution is -2.42. The lowest BCUT2D eigenvalue weighted by molar-refractivity contribution is -0.143. The summed E-state index contributed by atoms with van der Waals surface area (Å²) in [6, 6.07) is 6.51. The first-order valence-electron chi connectivity index (χ1n) is 10.4. The van der Waals surface area contributed by atoms with Crippen molar-refractivity contribution in [3.8, 4) is 0 Å². The molecule has 7 nitrogen and oxygen atoms in total. The molecular weight excluding hydrogens is 370 g/mol. The fraction of sp³-hybridized carbons (Fsp3) is 0.545. The second kappa shape index (κ2) is 9.20. The standard InChI is InChI=1S/C22H29N3O4/c1-3-14(2)19(25-13-24-18-7-5-4-6-17(18)21(25)27)20(26)23-12-15-8-10-16(11-9-15)22(28)29/h4-7,13-16,19H,3,8-12H2,1-2H3,(H,23,26)(H,28,29). The zero-order valence-corrected chi connectivity index (χ0v) is 17.0. The Balaban J connectivity index is 1.74. The summed E-state index contributed by atoms with van der Waals surface area (Å²) < 4.78 is 1.45. The van der Waals surface area contributed by atoms with Crippen molar-refractivity contribution in [1.82, 2.24) is 14.9 Å². The van der Waals surface area contributed by atoms with Crippen molar-refractivity contribution in [3.05, 3.63) is 40.9 Å². The lowest BCUT2D eigenvalue weighted by atomic mass is 9.82. The highest BCUT2D eigenvalue weighted by atomic mass is 16.4. The number of hydrogen-bond acceptors (Lipinski definition) is 4. The molecule has 0 saturated heterocycles. The van der Waals surface area contributed by atoms with Gasteiger partial charge in [-0.05, 0) is 49.7 Å². The average molecular weight is 399 g/mol. The molecule has 2 unspecified atom stereocenters. The van der Waals surface area contributed by atoms with Gasteiger partial charge in [-0.15, -0.1) is 0 Å². The predicted octanol–water partition coefficient (Wildman–Crippen LogP) is 2.99. The Kier molecular flexibility index (Phi) is 6.67. The third kappa shape index (κ3) is 4.66. The second-order valence-corrected chi connectivity index (χ2v) is 8.11. The number of carboxylic acid groups (broad SMARTS) is 1. The summed E-state index contributed by atoms with van der Waals surface area (Å²) in [7, 11) is 0. The maximum Gasteiger partial charge on any atom is 0.306 e. The van der Waals surface area contributed by atoms with E-state index < -0.39 is 12.0 Å². The van der Waals surface area contributed by atoms with Gasteiger partial charge in [0, 0.05) is 6.54 Å². The van der Waals surface area contributed by atoms with Crippen LogP contribution in [0.15, 0.2) is 35.4 Å². The quantitative estimate of drug-likeness (QED) is 0.745. The lowest BCUT2D eigenvalue weighted by Gasteiger charge is -2.28. The molecule has 0 radical (unpaired) electrons. The molecule has 1 aliphatic carbocycles. The van der Waals surface area contributed by atoms with E-state index in [-0.39, 0.29) is 29.2 Å². The van der Waals surface area contributed by atoms with E-state index in [1.807, 2.05) is 19.9 Å². The molecule has 29 heavy (non-hydrogen) atoms. The number of carbonyl (C=O) groups is 2. The molecule has 1 aliphatic rings. The van der Waals surface area contributed by atoms with Crippen LogP contribution in [0.4, 0.5) is 0 Å². The van der Waals surface area contributed by atoms with E-state index >= 15 is 0 Å². The van der Waals surface area contributed by atoms with Crippen molar-refractivity contribution >= 4 is 22.8 Å². The van der Waals surface area contributed by atoms with Gasteiger partial charge in [0.2, 0.25) is 5.91 Å². The van der Waals surface area contributed by atoms with Gasteiger partial charge in [-0.2, -0.15) is 0 Å². The van der Waals surface area contributed by atoms with Crippen LogP contribution in [-0.4, -0.2) is 33.1 Å². The van der Waals surface area contributed by atoms with Crippen LogP contribution in [0.25, 0.3) is 10.9 Å². The van der Waals surface area contributed by atoms with Crippen LogP contribution in [-0.2, 0) is 9.59 Å². The molecule has 2 N–H and O–H groups in total. The van der Waals surface area contributed by atoms with Crippen molar-refractivity contribution in [3.63, 3.8) is 0 Å². The molecule has 1 fully saturated rings. The molecule has 1 aromatic carbocycles. The van der Waals surface area contributed by atoms with Crippen LogP contribution in [0.3, 0.4) is 0 Å². The summed E-state index contributed by atoms with van der Waals surface area (Å²) in [5.74, 6) is -0.930. The summed E-state index contributed by atoms with van der Waals surface area (Å²) in [6.07, 6.45) is 5.11. The summed E-state index contributed by atoms with van der Waals surface area (Å²) in [4.78, 5) is 41.5. The number of nitrogens with zero attached hydrogens (tertiary/aromatic N) is 2. The number of fused-ring (bicyclic) bond motifs is 1. The number of para-hydroxylation sites is 1. The normalized spacial score (nSPS) is 21.4. The van der Waals surface area contributed by atoms with E-state index in [9.17, 15) is 14.4 Å². The van der Waals surface area contributed by atoms with Crippen molar-refractivity contribution in [2.45, 2.75) is 52.0 Å². The first-order valence-corrected chi connectivity index (χ1v) is 10.4. The number of rotatable bonds is 7. The molecule has 1 saturated carbocycles. The van der Waals surface area contributed by atoms with Gasteiger partial charge in [0.25, 0.3) is 5.56 Å². The molecule has 156 valence electrons. The summed E-state index contributed by atoms with van der Waals surface area (Å²) in [5, 5.41) is 12.6. The minimum absolute atomic E-state index is 0.0293. The van der Waals surface area contributed by atoms with Crippen LogP contribution >= 0.6 is 0 Å². The Morgan fingerprint density at radius 3 is 2.59 bits per heavy atom. The Labute approximate surface area is 170 Å². The number of carboxylic acids is 1. The highest BCUT2D eigenvalue weighted by molar-refractivity contribution is 5.82. The largest absolute Gasteiger partial charge is 0.481 e. The Hall–Kier alpha value is -2.70. The molecule has 1 heterocycles. The van der Waals surface area contributed by atoms with Gasteiger partial charge in [0.15, 0.2) is 0 Å². The maximum absolute atomic E-state index is 13.1. The number of aliphatic carboxylic acids is 1. The van der Waals surface area contributed by atoms with Crippen molar-refractivity contribution in [2.75, 3.05) is 6.54 Å². The van der Waals surface area contributed by atoms with E-state index in [2.05, 4.69) is 10.3 Å². The first-order chi connectivity index (χ1) is 13.9. The van der Waals surface area contributed by atoms with E-state index in [4.69, 9.17) is 5.11 Å². The minimum atomic E-state index is -0.729. The highest BCUT2D eigenvalue weighted by Gasteiger charge is 2.30. The summed E-state index contributed by atoms with van der Waals surface area (Å²) in [6.45, 7) is 4.47. The zero-order valence-electron chi connectivity index (χ0n) is 17.0. The maximum atomic E-state index is 13.1. The van der Waals surface area contributed by atoms with Gasteiger partial charge in [-0.25, -0.2) is 4.98 Å². The fourth-order valence-electron chi connectivity index (χ4n) is 4.13. The van der Waals surface area contributed by atoms with Gasteiger partial charge in [0.05, 0.1) is 23.1 Å². The monoisotopic (exact) mass is 399 g/mol. The van der Waals surface area contributed by atoms with Crippen molar-refractivity contribution in [1.29, 1.82) is 0 Å².